The standard InChI is InChI=1S/C35H51BrF3N3O7Si/c1-23-20-26(41-31(45)48-32(3,4)5)28(42-29(23)36)27(43)21-40-30(44)34(35(37,38)39,47-22-25-14-12-11-13-15-25)17-19-46-18-16-24(2)49-50(9,10)33(6,7)8/h11-15,20,24H,16-19,21-22H2,1-10H3,(H,40,44)(H,41,45)/t24-,34?/m0/s1. The van der Waals surface area contributed by atoms with Gasteiger partial charge in [0.25, 0.3) is 5.91 Å². The van der Waals surface area contributed by atoms with Gasteiger partial charge in [-0.3, -0.25) is 14.9 Å². The van der Waals surface area contributed by atoms with Crippen molar-refractivity contribution < 1.29 is 46.2 Å². The van der Waals surface area contributed by atoms with Gasteiger partial charge in [0.1, 0.15) is 15.9 Å². The highest BCUT2D eigenvalue weighted by Crippen LogP contribution is 2.39. The number of benzene rings is 1. The second-order valence-corrected chi connectivity index (χ2v) is 20.2. The van der Waals surface area contributed by atoms with Gasteiger partial charge in [-0.25, -0.2) is 9.78 Å². The van der Waals surface area contributed by atoms with Crippen LogP contribution < -0.4 is 10.6 Å². The number of aryl methyl sites for hydroxylation is 1. The summed E-state index contributed by atoms with van der Waals surface area (Å²) in [5, 5.41) is 4.56. The lowest BCUT2D eigenvalue weighted by molar-refractivity contribution is -0.275. The van der Waals surface area contributed by atoms with Crippen LogP contribution in [0.2, 0.25) is 18.1 Å². The van der Waals surface area contributed by atoms with Crippen LogP contribution in [0.25, 0.3) is 0 Å². The summed E-state index contributed by atoms with van der Waals surface area (Å²) in [6.45, 7) is 17.3. The molecular formula is C35H51BrF3N3O7Si. The number of rotatable bonds is 16. The minimum atomic E-state index is -5.19. The molecule has 2 rings (SSSR count). The van der Waals surface area contributed by atoms with Gasteiger partial charge >= 0.3 is 12.3 Å². The molecule has 1 heterocycles. The smallest absolute Gasteiger partial charge is 0.426 e. The van der Waals surface area contributed by atoms with Gasteiger partial charge in [0.15, 0.2) is 8.32 Å². The summed E-state index contributed by atoms with van der Waals surface area (Å²) >= 11 is 3.23. The third-order valence-electron chi connectivity index (χ3n) is 8.18. The minimum absolute atomic E-state index is 0.0124. The van der Waals surface area contributed by atoms with Crippen LogP contribution in [0.5, 0.6) is 0 Å². The molecule has 2 aromatic rings. The van der Waals surface area contributed by atoms with Gasteiger partial charge in [0, 0.05) is 19.1 Å². The Kier molecular flexibility index (Phi) is 15.2. The van der Waals surface area contributed by atoms with Gasteiger partial charge < -0.3 is 24.0 Å². The van der Waals surface area contributed by atoms with Gasteiger partial charge in [-0.15, -0.1) is 0 Å². The summed E-state index contributed by atoms with van der Waals surface area (Å²) in [5.74, 6) is -2.43. The van der Waals surface area contributed by atoms with Gasteiger partial charge in [-0.1, -0.05) is 51.1 Å². The monoisotopic (exact) mass is 789 g/mol. The van der Waals surface area contributed by atoms with E-state index >= 15 is 0 Å². The summed E-state index contributed by atoms with van der Waals surface area (Å²) in [4.78, 5) is 43.5. The van der Waals surface area contributed by atoms with Crippen molar-refractivity contribution in [2.24, 2.45) is 0 Å². The first-order valence-electron chi connectivity index (χ1n) is 16.4. The molecular weight excluding hydrogens is 739 g/mol. The number of alkyl halides is 3. The zero-order valence-electron chi connectivity index (χ0n) is 30.6. The van der Waals surface area contributed by atoms with Gasteiger partial charge in [-0.2, -0.15) is 13.2 Å². The second-order valence-electron chi connectivity index (χ2n) is 14.7. The summed E-state index contributed by atoms with van der Waals surface area (Å²) in [6.07, 6.45) is -6.68. The van der Waals surface area contributed by atoms with Crippen molar-refractivity contribution in [3.63, 3.8) is 0 Å². The normalized spacial score (nSPS) is 14.4. The summed E-state index contributed by atoms with van der Waals surface area (Å²) in [6, 6.07) is 9.57. The van der Waals surface area contributed by atoms with Crippen molar-refractivity contribution in [2.75, 3.05) is 25.1 Å². The van der Waals surface area contributed by atoms with Crippen LogP contribution in [-0.4, -0.2) is 74.3 Å². The number of carbonyl (C=O) groups is 3. The molecule has 0 fully saturated rings. The first-order valence-corrected chi connectivity index (χ1v) is 20.1. The Hall–Kier alpha value is -2.85. The minimum Gasteiger partial charge on any atom is -0.444 e. The molecule has 0 aliphatic heterocycles. The lowest BCUT2D eigenvalue weighted by Crippen LogP contribution is -2.59. The van der Waals surface area contributed by atoms with Crippen LogP contribution >= 0.6 is 15.9 Å². The molecule has 1 aromatic heterocycles. The van der Waals surface area contributed by atoms with E-state index in [-0.39, 0.29) is 33.7 Å². The number of hydrogen-bond donors (Lipinski definition) is 2. The van der Waals surface area contributed by atoms with Crippen molar-refractivity contribution in [3.8, 4) is 0 Å². The molecule has 2 N–H and O–H groups in total. The fourth-order valence-corrected chi connectivity index (χ4v) is 6.16. The number of Topliss-reactive ketones (excluding diaryl/α,β-unsaturated/α-hetero) is 1. The number of anilines is 1. The molecule has 2 amide bonds. The van der Waals surface area contributed by atoms with Gasteiger partial charge in [0.05, 0.1) is 25.4 Å². The van der Waals surface area contributed by atoms with E-state index in [1.54, 1.807) is 58.0 Å². The highest BCUT2D eigenvalue weighted by molar-refractivity contribution is 9.10. The Bertz CT molecular complexity index is 1460. The lowest BCUT2D eigenvalue weighted by atomic mass is 9.97. The van der Waals surface area contributed by atoms with Crippen molar-refractivity contribution in [3.05, 3.63) is 57.8 Å². The third-order valence-corrected chi connectivity index (χ3v) is 13.6. The highest BCUT2D eigenvalue weighted by atomic mass is 79.9. The number of amides is 2. The zero-order valence-corrected chi connectivity index (χ0v) is 33.2. The topological polar surface area (TPSA) is 125 Å². The van der Waals surface area contributed by atoms with Crippen molar-refractivity contribution >= 4 is 47.7 Å². The Labute approximate surface area is 302 Å². The fourth-order valence-electron chi connectivity index (χ4n) is 4.39. The first kappa shape index (κ1) is 43.3. The van der Waals surface area contributed by atoms with E-state index in [2.05, 4.69) is 65.4 Å². The fraction of sp³-hybridized carbons (Fsp3) is 0.600. The number of aromatic nitrogens is 1. The van der Waals surface area contributed by atoms with Gasteiger partial charge in [0.2, 0.25) is 11.4 Å². The quantitative estimate of drug-likeness (QED) is 0.0751. The summed E-state index contributed by atoms with van der Waals surface area (Å²) in [7, 11) is -2.06. The number of carbonyl (C=O) groups excluding carboxylic acids is 3. The Morgan fingerprint density at radius 2 is 1.62 bits per heavy atom. The summed E-state index contributed by atoms with van der Waals surface area (Å²) < 4.78 is 67.6. The maximum atomic E-state index is 14.9. The van der Waals surface area contributed by atoms with Crippen LogP contribution in [0.3, 0.4) is 0 Å². The average molecular weight is 791 g/mol. The second kappa shape index (κ2) is 17.6. The largest absolute Gasteiger partial charge is 0.444 e. The number of hydrogen-bond acceptors (Lipinski definition) is 8. The predicted molar refractivity (Wildman–Crippen MR) is 192 cm³/mol. The van der Waals surface area contributed by atoms with Gasteiger partial charge in [-0.05, 0) is 92.3 Å². The first-order chi connectivity index (χ1) is 22.9. The van der Waals surface area contributed by atoms with E-state index in [9.17, 15) is 27.6 Å². The molecule has 1 aromatic carbocycles. The van der Waals surface area contributed by atoms with Crippen LogP contribution in [0.15, 0.2) is 41.0 Å². The molecule has 2 atom stereocenters. The molecule has 10 nitrogen and oxygen atoms in total. The molecule has 0 saturated heterocycles. The number of ether oxygens (including phenoxy) is 3. The van der Waals surface area contributed by atoms with E-state index in [0.29, 0.717) is 17.5 Å². The summed E-state index contributed by atoms with van der Waals surface area (Å²) in [5.41, 5.74) is -3.57. The number of nitrogens with one attached hydrogen (secondary N) is 2. The SMILES string of the molecule is Cc1cc(NC(=O)OC(C)(C)C)c(C(=O)CNC(=O)C(CCOCC[C@H](C)O[Si](C)(C)C(C)(C)C)(OCc2ccccc2)C(F)(F)F)nc1Br. The van der Waals surface area contributed by atoms with Crippen LogP contribution in [-0.2, 0) is 30.0 Å². The van der Waals surface area contributed by atoms with E-state index in [0.717, 1.165) is 0 Å². The van der Waals surface area contributed by atoms with Crippen molar-refractivity contribution in [1.29, 1.82) is 0 Å². The molecule has 0 aliphatic rings. The van der Waals surface area contributed by atoms with Crippen LogP contribution in [0.1, 0.15) is 82.9 Å². The molecule has 0 aliphatic carbocycles. The maximum Gasteiger partial charge on any atom is 0.426 e. The maximum absolute atomic E-state index is 14.9. The van der Waals surface area contributed by atoms with Crippen LogP contribution in [0.4, 0.5) is 23.7 Å². The highest BCUT2D eigenvalue weighted by Gasteiger charge is 2.61. The number of pyridine rings is 1. The van der Waals surface area contributed by atoms with Crippen molar-refractivity contribution in [2.45, 2.75) is 116 Å². The Morgan fingerprint density at radius 1 is 1.00 bits per heavy atom. The molecule has 15 heteroatoms. The van der Waals surface area contributed by atoms with Crippen LogP contribution in [0, 0.1) is 6.92 Å². The van der Waals surface area contributed by atoms with Crippen molar-refractivity contribution in [1.82, 2.24) is 10.3 Å². The zero-order chi connectivity index (χ0) is 38.1. The molecule has 0 saturated carbocycles. The number of nitrogens with zero attached hydrogens (tertiary/aromatic N) is 1. The molecule has 1 unspecified atom stereocenters. The van der Waals surface area contributed by atoms with E-state index in [1.807, 2.05) is 6.92 Å². The average Bonchev–Trinajstić information content (AvgIpc) is 2.97. The molecule has 0 bridgehead atoms. The lowest BCUT2D eigenvalue weighted by Gasteiger charge is -2.38. The molecule has 0 radical (unpaired) electrons. The van der Waals surface area contributed by atoms with E-state index in [1.165, 1.54) is 6.07 Å². The number of ketones is 1. The molecule has 0 spiro atoms. The van der Waals surface area contributed by atoms with E-state index < -0.39 is 69.7 Å². The predicted octanol–water partition coefficient (Wildman–Crippen LogP) is 8.52. The Morgan fingerprint density at radius 3 is 2.18 bits per heavy atom. The Balaban J connectivity index is 2.26. The van der Waals surface area contributed by atoms with E-state index in [4.69, 9.17) is 18.6 Å². The molecule has 50 heavy (non-hydrogen) atoms. The molecule has 280 valence electrons. The third kappa shape index (κ3) is 12.7. The number of halogens is 4.